The fraction of sp³-hybridized carbons (Fsp3) is 0.333. The molecule has 0 aliphatic carbocycles. The molecule has 0 amide bonds. The van der Waals surface area contributed by atoms with Crippen molar-refractivity contribution in [2.75, 3.05) is 12.5 Å². The summed E-state index contributed by atoms with van der Waals surface area (Å²) in [6.45, 7) is 0.0323. The summed E-state index contributed by atoms with van der Waals surface area (Å²) >= 11 is 22.8. The smallest absolute Gasteiger partial charge is 0.156 e. The van der Waals surface area contributed by atoms with Crippen molar-refractivity contribution in [3.8, 4) is 5.75 Å². The molecule has 0 spiro atoms. The summed E-state index contributed by atoms with van der Waals surface area (Å²) in [6.07, 6.45) is -0.755. The summed E-state index contributed by atoms with van der Waals surface area (Å²) in [7, 11) is 0. The first-order chi connectivity index (χ1) is 7.04. The molecule has 1 aromatic carbocycles. The molecule has 1 rings (SSSR count). The number of benzene rings is 1. The Morgan fingerprint density at radius 2 is 1.73 bits per heavy atom. The van der Waals surface area contributed by atoms with Gasteiger partial charge in [-0.15, -0.1) is 11.6 Å². The number of rotatable bonds is 4. The van der Waals surface area contributed by atoms with Crippen molar-refractivity contribution in [3.05, 3.63) is 27.2 Å². The maximum absolute atomic E-state index is 9.19. The molecule has 0 saturated heterocycles. The van der Waals surface area contributed by atoms with Gasteiger partial charge < -0.3 is 9.84 Å². The van der Waals surface area contributed by atoms with E-state index in [0.717, 1.165) is 0 Å². The fourth-order valence-electron chi connectivity index (χ4n) is 0.891. The first-order valence-corrected chi connectivity index (χ1v) is 5.72. The Balaban J connectivity index is 2.77. The van der Waals surface area contributed by atoms with Crippen LogP contribution in [0.3, 0.4) is 0 Å². The van der Waals surface area contributed by atoms with E-state index in [-0.39, 0.29) is 12.5 Å². The van der Waals surface area contributed by atoms with E-state index in [9.17, 15) is 5.11 Å². The van der Waals surface area contributed by atoms with Gasteiger partial charge in [0.15, 0.2) is 5.75 Å². The van der Waals surface area contributed by atoms with Crippen LogP contribution in [0.15, 0.2) is 12.1 Å². The van der Waals surface area contributed by atoms with E-state index in [4.69, 9.17) is 51.1 Å². The zero-order chi connectivity index (χ0) is 11.4. The van der Waals surface area contributed by atoms with E-state index in [1.54, 1.807) is 0 Å². The van der Waals surface area contributed by atoms with Gasteiger partial charge in [0.2, 0.25) is 0 Å². The predicted molar refractivity (Wildman–Crippen MR) is 63.7 cm³/mol. The normalized spacial score (nSPS) is 12.6. The third-order valence-corrected chi connectivity index (χ3v) is 2.70. The monoisotopic (exact) mass is 288 g/mol. The van der Waals surface area contributed by atoms with Gasteiger partial charge in [0, 0.05) is 5.02 Å². The van der Waals surface area contributed by atoms with Crippen LogP contribution in [0.5, 0.6) is 5.75 Å². The molecule has 0 aliphatic rings. The highest BCUT2D eigenvalue weighted by atomic mass is 35.5. The lowest BCUT2D eigenvalue weighted by Gasteiger charge is -2.12. The summed E-state index contributed by atoms with van der Waals surface area (Å²) < 4.78 is 5.22. The molecule has 0 radical (unpaired) electrons. The molecule has 0 saturated carbocycles. The van der Waals surface area contributed by atoms with E-state index in [2.05, 4.69) is 0 Å². The molecule has 1 N–H and O–H groups in total. The highest BCUT2D eigenvalue weighted by molar-refractivity contribution is 6.40. The molecule has 15 heavy (non-hydrogen) atoms. The van der Waals surface area contributed by atoms with Gasteiger partial charge >= 0.3 is 0 Å². The number of halogens is 4. The van der Waals surface area contributed by atoms with E-state index in [1.807, 2.05) is 0 Å². The molecule has 1 atom stereocenters. The van der Waals surface area contributed by atoms with Crippen molar-refractivity contribution < 1.29 is 9.84 Å². The number of hydrogen-bond acceptors (Lipinski definition) is 2. The second kappa shape index (κ2) is 6.02. The van der Waals surface area contributed by atoms with Crippen LogP contribution in [0.2, 0.25) is 15.1 Å². The number of aliphatic hydroxyl groups is 1. The van der Waals surface area contributed by atoms with Crippen molar-refractivity contribution in [1.29, 1.82) is 0 Å². The van der Waals surface area contributed by atoms with Gasteiger partial charge in [-0.2, -0.15) is 0 Å². The molecule has 6 heteroatoms. The number of alkyl halides is 1. The lowest BCUT2D eigenvalue weighted by atomic mass is 10.3. The average molecular weight is 290 g/mol. The molecule has 0 aromatic heterocycles. The van der Waals surface area contributed by atoms with Crippen LogP contribution in [0.25, 0.3) is 0 Å². The number of aliphatic hydroxyl groups excluding tert-OH is 1. The van der Waals surface area contributed by atoms with Crippen molar-refractivity contribution >= 4 is 46.4 Å². The highest BCUT2D eigenvalue weighted by Gasteiger charge is 2.11. The van der Waals surface area contributed by atoms with Gasteiger partial charge in [0.05, 0.1) is 15.9 Å². The Bertz CT molecular complexity index is 320. The number of ether oxygens (including phenoxy) is 1. The minimum atomic E-state index is -0.755. The topological polar surface area (TPSA) is 29.5 Å². The Kier molecular flexibility index (Phi) is 5.30. The van der Waals surface area contributed by atoms with Gasteiger partial charge in [0.25, 0.3) is 0 Å². The molecular weight excluding hydrogens is 282 g/mol. The largest absolute Gasteiger partial charge is 0.488 e. The van der Waals surface area contributed by atoms with E-state index in [0.29, 0.717) is 20.8 Å². The summed E-state index contributed by atoms with van der Waals surface area (Å²) in [5, 5.41) is 10.2. The van der Waals surface area contributed by atoms with Crippen molar-refractivity contribution in [3.63, 3.8) is 0 Å². The van der Waals surface area contributed by atoms with Crippen LogP contribution >= 0.6 is 46.4 Å². The predicted octanol–water partition coefficient (Wildman–Crippen LogP) is 3.63. The SMILES string of the molecule is OC(CCl)COc1c(Cl)cc(Cl)cc1Cl. The van der Waals surface area contributed by atoms with Crippen LogP contribution in [0.4, 0.5) is 0 Å². The summed E-state index contributed by atoms with van der Waals surface area (Å²) in [5.41, 5.74) is 0. The van der Waals surface area contributed by atoms with Crippen LogP contribution in [0, 0.1) is 0 Å². The number of hydrogen-bond donors (Lipinski definition) is 1. The third-order valence-electron chi connectivity index (χ3n) is 1.56. The quantitative estimate of drug-likeness (QED) is 0.858. The van der Waals surface area contributed by atoms with E-state index < -0.39 is 6.10 Å². The van der Waals surface area contributed by atoms with Gasteiger partial charge in [-0.1, -0.05) is 34.8 Å². The van der Waals surface area contributed by atoms with E-state index >= 15 is 0 Å². The minimum absolute atomic E-state index is 0.0323. The molecule has 1 aromatic rings. The molecule has 0 bridgehead atoms. The van der Waals surface area contributed by atoms with Crippen LogP contribution in [0.1, 0.15) is 0 Å². The van der Waals surface area contributed by atoms with E-state index in [1.165, 1.54) is 12.1 Å². The molecule has 2 nitrogen and oxygen atoms in total. The zero-order valence-electron chi connectivity index (χ0n) is 7.51. The van der Waals surface area contributed by atoms with Gasteiger partial charge in [-0.05, 0) is 12.1 Å². The molecular formula is C9H8Cl4O2. The van der Waals surface area contributed by atoms with Gasteiger partial charge in [-0.25, -0.2) is 0 Å². The van der Waals surface area contributed by atoms with Gasteiger partial charge in [0.1, 0.15) is 12.7 Å². The highest BCUT2D eigenvalue weighted by Crippen LogP contribution is 2.35. The molecule has 0 fully saturated rings. The second-order valence-corrected chi connectivity index (χ2v) is 4.38. The fourth-order valence-corrected chi connectivity index (χ4v) is 1.91. The van der Waals surface area contributed by atoms with Crippen molar-refractivity contribution in [2.45, 2.75) is 6.10 Å². The van der Waals surface area contributed by atoms with Crippen molar-refractivity contribution in [1.82, 2.24) is 0 Å². The second-order valence-electron chi connectivity index (χ2n) is 2.82. The molecule has 1 unspecified atom stereocenters. The Hall–Kier alpha value is 0.140. The molecule has 0 heterocycles. The first kappa shape index (κ1) is 13.2. The van der Waals surface area contributed by atoms with Crippen molar-refractivity contribution in [2.24, 2.45) is 0 Å². The Morgan fingerprint density at radius 3 is 2.20 bits per heavy atom. The van der Waals surface area contributed by atoms with Crippen LogP contribution < -0.4 is 4.74 Å². The van der Waals surface area contributed by atoms with Gasteiger partial charge in [-0.3, -0.25) is 0 Å². The Morgan fingerprint density at radius 1 is 1.20 bits per heavy atom. The summed E-state index contributed by atoms with van der Waals surface area (Å²) in [6, 6.07) is 3.02. The Labute approximate surface area is 108 Å². The molecule has 84 valence electrons. The standard InChI is InChI=1S/C9H8Cl4O2/c10-3-6(14)4-15-9-7(12)1-5(11)2-8(9)13/h1-2,6,14H,3-4H2. The first-order valence-electron chi connectivity index (χ1n) is 4.06. The lowest BCUT2D eigenvalue weighted by Crippen LogP contribution is -2.19. The van der Waals surface area contributed by atoms with Crippen LogP contribution in [-0.4, -0.2) is 23.7 Å². The van der Waals surface area contributed by atoms with Crippen LogP contribution in [-0.2, 0) is 0 Å². The maximum Gasteiger partial charge on any atom is 0.156 e. The third kappa shape index (κ3) is 3.89. The minimum Gasteiger partial charge on any atom is -0.488 e. The summed E-state index contributed by atoms with van der Waals surface area (Å²) in [4.78, 5) is 0. The molecule has 0 aliphatic heterocycles. The lowest BCUT2D eigenvalue weighted by molar-refractivity contribution is 0.125. The summed E-state index contributed by atoms with van der Waals surface area (Å²) in [5.74, 6) is 0.384. The maximum atomic E-state index is 9.19. The average Bonchev–Trinajstić information content (AvgIpc) is 2.15. The zero-order valence-corrected chi connectivity index (χ0v) is 10.5.